The second kappa shape index (κ2) is 7.94. The number of halogens is 3. The van der Waals surface area contributed by atoms with E-state index >= 15 is 0 Å². The molecule has 3 heteroatoms. The third-order valence-corrected chi connectivity index (χ3v) is 6.77. The topological polar surface area (TPSA) is 0 Å². The normalized spacial score (nSPS) is 11.6. The van der Waals surface area contributed by atoms with Crippen LogP contribution in [0.2, 0.25) is 0 Å². The predicted octanol–water partition coefficient (Wildman–Crippen LogP) is 6.28. The maximum Gasteiger partial charge on any atom is 0.0213 e. The van der Waals surface area contributed by atoms with Gasteiger partial charge in [-0.15, -0.1) is 0 Å². The van der Waals surface area contributed by atoms with Crippen LogP contribution in [0.5, 0.6) is 0 Å². The largest absolute Gasteiger partial charge is 0.0918 e. The van der Waals surface area contributed by atoms with Gasteiger partial charge in [0.1, 0.15) is 0 Å². The van der Waals surface area contributed by atoms with Crippen LogP contribution in [0.3, 0.4) is 0 Å². The van der Waals surface area contributed by atoms with Crippen molar-refractivity contribution in [1.29, 1.82) is 0 Å². The molecule has 0 atom stereocenters. The molecule has 0 radical (unpaired) electrons. The predicted molar refractivity (Wildman–Crippen MR) is 103 cm³/mol. The fourth-order valence-electron chi connectivity index (χ4n) is 2.54. The van der Waals surface area contributed by atoms with E-state index in [0.717, 1.165) is 23.5 Å². The van der Waals surface area contributed by atoms with Crippen LogP contribution in [0.25, 0.3) is 0 Å². The lowest BCUT2D eigenvalue weighted by Gasteiger charge is -2.32. The first-order chi connectivity index (χ1) is 10.1. The molecule has 0 saturated carbocycles. The van der Waals surface area contributed by atoms with Gasteiger partial charge in [0.05, 0.1) is 0 Å². The van der Waals surface area contributed by atoms with Gasteiger partial charge >= 0.3 is 0 Å². The van der Waals surface area contributed by atoms with Crippen LogP contribution in [0, 0.1) is 0 Å². The molecule has 2 aromatic rings. The second-order valence-electron chi connectivity index (χ2n) is 5.37. The van der Waals surface area contributed by atoms with Crippen LogP contribution in [0.4, 0.5) is 0 Å². The summed E-state index contributed by atoms with van der Waals surface area (Å²) in [5, 5.41) is 1.84. The molecule has 0 unspecified atom stereocenters. The Morgan fingerprint density at radius 1 is 0.857 bits per heavy atom. The molecule has 0 fully saturated rings. The van der Waals surface area contributed by atoms with Gasteiger partial charge in [-0.05, 0) is 35.6 Å². The summed E-state index contributed by atoms with van der Waals surface area (Å²) in [4.78, 5) is 0. The van der Waals surface area contributed by atoms with Gasteiger partial charge in [-0.25, -0.2) is 0 Å². The molecule has 0 aromatic heterocycles. The Morgan fingerprint density at radius 2 is 1.43 bits per heavy atom. The third-order valence-electron chi connectivity index (χ3n) is 3.93. The second-order valence-corrected chi connectivity index (χ2v) is 7.35. The zero-order valence-electron chi connectivity index (χ0n) is 12.1. The molecule has 0 aliphatic carbocycles. The number of alkyl halides is 2. The van der Waals surface area contributed by atoms with Gasteiger partial charge < -0.3 is 0 Å². The summed E-state index contributed by atoms with van der Waals surface area (Å²) in [7, 11) is 0. The van der Waals surface area contributed by atoms with Crippen molar-refractivity contribution >= 4 is 47.8 Å². The summed E-state index contributed by atoms with van der Waals surface area (Å²) in [5.74, 6) is 0. The first kappa shape index (κ1) is 17.2. The Morgan fingerprint density at radius 3 is 1.95 bits per heavy atom. The molecule has 0 aliphatic rings. The van der Waals surface area contributed by atoms with Gasteiger partial charge in [-0.3, -0.25) is 0 Å². The lowest BCUT2D eigenvalue weighted by Crippen LogP contribution is -2.33. The van der Waals surface area contributed by atoms with Crippen molar-refractivity contribution in [2.24, 2.45) is 0 Å². The minimum atomic E-state index is 0.0494. The van der Waals surface area contributed by atoms with Crippen molar-refractivity contribution in [2.45, 2.75) is 25.2 Å². The number of hydrogen-bond acceptors (Lipinski definition) is 0. The minimum absolute atomic E-state index is 0.0494. The first-order valence-corrected chi connectivity index (χ1v) is 10.1. The highest BCUT2D eigenvalue weighted by atomic mass is 79.9. The van der Waals surface area contributed by atoms with E-state index in [1.165, 1.54) is 21.2 Å². The summed E-state index contributed by atoms with van der Waals surface area (Å²) in [6.07, 6.45) is 2.10. The van der Waals surface area contributed by atoms with Gasteiger partial charge in [0.15, 0.2) is 0 Å². The van der Waals surface area contributed by atoms with E-state index in [9.17, 15) is 0 Å². The van der Waals surface area contributed by atoms with Crippen LogP contribution in [0.1, 0.15) is 23.6 Å². The van der Waals surface area contributed by atoms with Crippen molar-refractivity contribution in [1.82, 2.24) is 0 Å². The zero-order chi connectivity index (χ0) is 15.3. The summed E-state index contributed by atoms with van der Waals surface area (Å²) in [6.45, 7) is 2.19. The molecule has 0 heterocycles. The maximum atomic E-state index is 3.74. The molecule has 0 spiro atoms. The van der Waals surface area contributed by atoms with E-state index in [1.807, 2.05) is 0 Å². The standard InChI is InChI=1S/C18H19Br3/c1-2-14-7-9-15(10-8-14)11-18(12-19,13-20)16-5-3-4-6-17(16)21/h3-10H,2,11-13H2,1H3. The van der Waals surface area contributed by atoms with Crippen LogP contribution in [-0.4, -0.2) is 10.7 Å². The van der Waals surface area contributed by atoms with Crippen LogP contribution in [0.15, 0.2) is 53.0 Å². The fourth-order valence-corrected chi connectivity index (χ4v) is 5.18. The molecule has 0 saturated heterocycles. The molecule has 0 aliphatic heterocycles. The quantitative estimate of drug-likeness (QED) is 0.432. The van der Waals surface area contributed by atoms with Gasteiger partial charge in [-0.2, -0.15) is 0 Å². The molecule has 2 rings (SSSR count). The van der Waals surface area contributed by atoms with Gasteiger partial charge in [0.25, 0.3) is 0 Å². The highest BCUT2D eigenvalue weighted by Gasteiger charge is 2.32. The van der Waals surface area contributed by atoms with Crippen molar-refractivity contribution < 1.29 is 0 Å². The Labute approximate surface area is 152 Å². The lowest BCUT2D eigenvalue weighted by atomic mass is 9.79. The monoisotopic (exact) mass is 472 g/mol. The zero-order valence-corrected chi connectivity index (χ0v) is 16.8. The molecular formula is C18H19Br3. The van der Waals surface area contributed by atoms with E-state index in [-0.39, 0.29) is 5.41 Å². The Balaban J connectivity index is 2.36. The molecule has 0 nitrogen and oxygen atoms in total. The summed E-state index contributed by atoms with van der Waals surface area (Å²) < 4.78 is 1.18. The summed E-state index contributed by atoms with van der Waals surface area (Å²) >= 11 is 11.2. The van der Waals surface area contributed by atoms with Crippen molar-refractivity contribution in [3.8, 4) is 0 Å². The number of hydrogen-bond donors (Lipinski definition) is 0. The highest BCUT2D eigenvalue weighted by Crippen LogP contribution is 2.37. The molecule has 0 N–H and O–H groups in total. The highest BCUT2D eigenvalue weighted by molar-refractivity contribution is 9.10. The Hall–Kier alpha value is -0.120. The molecule has 0 amide bonds. The van der Waals surface area contributed by atoms with Gasteiger partial charge in [0.2, 0.25) is 0 Å². The molecule has 21 heavy (non-hydrogen) atoms. The number of aryl methyl sites for hydroxylation is 1. The van der Waals surface area contributed by atoms with E-state index < -0.39 is 0 Å². The molecule has 2 aromatic carbocycles. The number of benzene rings is 2. The van der Waals surface area contributed by atoms with Crippen molar-refractivity contribution in [3.05, 3.63) is 69.7 Å². The smallest absolute Gasteiger partial charge is 0.0213 e. The summed E-state index contributed by atoms with van der Waals surface area (Å²) in [6, 6.07) is 17.5. The van der Waals surface area contributed by atoms with E-state index in [4.69, 9.17) is 0 Å². The molecular weight excluding hydrogens is 456 g/mol. The third kappa shape index (κ3) is 4.00. The van der Waals surface area contributed by atoms with Crippen LogP contribution >= 0.6 is 47.8 Å². The first-order valence-electron chi connectivity index (χ1n) is 7.10. The van der Waals surface area contributed by atoms with Crippen molar-refractivity contribution in [3.63, 3.8) is 0 Å². The minimum Gasteiger partial charge on any atom is -0.0918 e. The number of rotatable bonds is 6. The van der Waals surface area contributed by atoms with E-state index in [1.54, 1.807) is 0 Å². The SMILES string of the molecule is CCc1ccc(CC(CBr)(CBr)c2ccccc2Br)cc1. The maximum absolute atomic E-state index is 3.74. The van der Waals surface area contributed by atoms with E-state index in [0.29, 0.717) is 0 Å². The average Bonchev–Trinajstić information content (AvgIpc) is 2.54. The van der Waals surface area contributed by atoms with E-state index in [2.05, 4.69) is 103 Å². The Bertz CT molecular complexity index is 571. The molecule has 112 valence electrons. The molecule has 0 bridgehead atoms. The van der Waals surface area contributed by atoms with Crippen molar-refractivity contribution in [2.75, 3.05) is 10.7 Å². The Kier molecular flexibility index (Phi) is 6.51. The lowest BCUT2D eigenvalue weighted by molar-refractivity contribution is 0.548. The average molecular weight is 475 g/mol. The fraction of sp³-hybridized carbons (Fsp3) is 0.333. The van der Waals surface area contributed by atoms with Crippen LogP contribution in [-0.2, 0) is 18.3 Å². The van der Waals surface area contributed by atoms with Gasteiger partial charge in [0, 0.05) is 20.5 Å². The summed E-state index contributed by atoms with van der Waals surface area (Å²) in [5.41, 5.74) is 4.16. The van der Waals surface area contributed by atoms with Gasteiger partial charge in [-0.1, -0.05) is 97.2 Å². The van der Waals surface area contributed by atoms with Crippen LogP contribution < -0.4 is 0 Å².